The number of hydrogen-bond donors (Lipinski definition) is 0. The van der Waals surface area contributed by atoms with E-state index in [9.17, 15) is 0 Å². The first kappa shape index (κ1) is 41.4. The fourth-order valence-corrected chi connectivity index (χ4v) is 5.95. The maximum absolute atomic E-state index is 3.67. The van der Waals surface area contributed by atoms with Crippen molar-refractivity contribution in [3.8, 4) is 11.1 Å². The van der Waals surface area contributed by atoms with Gasteiger partial charge >= 0.3 is 76.7 Å². The minimum Gasteiger partial charge on any atom is -1.00 e. The Labute approximate surface area is 303 Å². The number of benzene rings is 3. The first-order chi connectivity index (χ1) is 19.8. The monoisotopic (exact) mass is 718 g/mol. The fourth-order valence-electron chi connectivity index (χ4n) is 5.54. The van der Waals surface area contributed by atoms with E-state index in [2.05, 4.69) is 163 Å². The van der Waals surface area contributed by atoms with Crippen molar-refractivity contribution in [1.82, 2.24) is 0 Å². The van der Waals surface area contributed by atoms with Crippen LogP contribution in [0, 0.1) is 19.9 Å². The third kappa shape index (κ3) is 11.2. The summed E-state index contributed by atoms with van der Waals surface area (Å²) in [6.45, 7) is 29.1. The standard InChI is InChI=1S/C21H25.C12H19.C9H10.2ClH.Zr/c1-20(2,3)16-7-9-18-14(12-16)11-15-13-17(21(4,5)6)8-10-19(15)18;1-6-10-7-9(2)8-11(10)12(3,4)5;1-3-9-6-4-8(2)5-7-9;;;/h7-10,12H,11H2,1-6H3;7-8H,6H2,1-5H3;4-7H,1-2H3;2*1H;/q2*-1;;;;+2/p-2. The van der Waals surface area contributed by atoms with E-state index < -0.39 is 0 Å². The molecule has 242 valence electrons. The molecule has 0 saturated heterocycles. The van der Waals surface area contributed by atoms with Gasteiger partial charge in [0.25, 0.3) is 0 Å². The van der Waals surface area contributed by atoms with Gasteiger partial charge in [0, 0.05) is 0 Å². The van der Waals surface area contributed by atoms with Gasteiger partial charge in [0.15, 0.2) is 0 Å². The van der Waals surface area contributed by atoms with Crippen molar-refractivity contribution in [2.24, 2.45) is 0 Å². The SMILES string of the molecule is CC(C)(C)c1[c-]c2c(cc1)-c1ccc(C(C)(C)C)cc1C2.CCc1[cH-]c(C)cc1C(C)(C)C.C[C](=[Zr+2])c1ccc(C)cc1.[Cl-].[Cl-]. The van der Waals surface area contributed by atoms with Crippen LogP contribution in [0.3, 0.4) is 0 Å². The molecule has 3 heteroatoms. The van der Waals surface area contributed by atoms with Crippen molar-refractivity contribution < 1.29 is 49.0 Å². The molecule has 0 fully saturated rings. The summed E-state index contributed by atoms with van der Waals surface area (Å²) in [6, 6.07) is 28.5. The molecule has 0 amide bonds. The maximum atomic E-state index is 3.67. The van der Waals surface area contributed by atoms with E-state index in [0.29, 0.717) is 5.41 Å². The Balaban J connectivity index is 0.000000362. The van der Waals surface area contributed by atoms with Crippen LogP contribution in [-0.4, -0.2) is 3.21 Å². The molecule has 1 aliphatic rings. The molecule has 0 N–H and O–H groups in total. The van der Waals surface area contributed by atoms with Crippen LogP contribution in [0.25, 0.3) is 11.1 Å². The molecule has 0 aromatic heterocycles. The van der Waals surface area contributed by atoms with E-state index in [1.54, 1.807) is 0 Å². The normalized spacial score (nSPS) is 11.9. The van der Waals surface area contributed by atoms with E-state index in [4.69, 9.17) is 0 Å². The summed E-state index contributed by atoms with van der Waals surface area (Å²) >= 11 is 1.51. The molecule has 0 bridgehead atoms. The second-order valence-corrected chi connectivity index (χ2v) is 17.2. The number of halogens is 2. The zero-order chi connectivity index (χ0) is 32.3. The van der Waals surface area contributed by atoms with E-state index in [-0.39, 0.29) is 35.6 Å². The molecule has 0 nitrogen and oxygen atoms in total. The van der Waals surface area contributed by atoms with Gasteiger partial charge in [-0.2, -0.15) is 46.5 Å². The third-order valence-corrected chi connectivity index (χ3v) is 8.97. The summed E-state index contributed by atoms with van der Waals surface area (Å²) < 4.78 is 1.46. The first-order valence-electron chi connectivity index (χ1n) is 15.9. The van der Waals surface area contributed by atoms with Crippen LogP contribution in [-0.2, 0) is 53.3 Å². The van der Waals surface area contributed by atoms with Gasteiger partial charge in [0.1, 0.15) is 0 Å². The molecule has 0 heterocycles. The average molecular weight is 721 g/mol. The Morgan fingerprint density at radius 2 is 1.33 bits per heavy atom. The van der Waals surface area contributed by atoms with Gasteiger partial charge in [-0.05, 0) is 28.4 Å². The van der Waals surface area contributed by atoms with Crippen LogP contribution in [0.15, 0.2) is 66.7 Å². The van der Waals surface area contributed by atoms with Gasteiger partial charge in [-0.15, -0.1) is 11.1 Å². The molecule has 4 aromatic rings. The van der Waals surface area contributed by atoms with Crippen LogP contribution in [0.1, 0.15) is 126 Å². The Bertz CT molecular complexity index is 1490. The van der Waals surface area contributed by atoms with Crippen molar-refractivity contribution >= 4 is 3.21 Å². The molecule has 4 aromatic carbocycles. The molecular weight excluding hydrogens is 667 g/mol. The van der Waals surface area contributed by atoms with Crippen LogP contribution in [0.2, 0.25) is 0 Å². The summed E-state index contributed by atoms with van der Waals surface area (Å²) in [7, 11) is 0. The molecule has 0 radical (unpaired) electrons. The molecule has 45 heavy (non-hydrogen) atoms. The molecule has 0 saturated carbocycles. The minimum atomic E-state index is 0. The van der Waals surface area contributed by atoms with Crippen molar-refractivity contribution in [3.63, 3.8) is 0 Å². The average Bonchev–Trinajstić information content (AvgIpc) is 3.48. The maximum Gasteiger partial charge on any atom is -1.00 e. The second-order valence-electron chi connectivity index (χ2n) is 15.4. The number of rotatable bonds is 2. The van der Waals surface area contributed by atoms with Gasteiger partial charge in [-0.3, -0.25) is 0 Å². The van der Waals surface area contributed by atoms with E-state index in [1.165, 1.54) is 88.6 Å². The van der Waals surface area contributed by atoms with Gasteiger partial charge in [-0.1, -0.05) is 112 Å². The Kier molecular flexibility index (Phi) is 15.1. The predicted molar refractivity (Wildman–Crippen MR) is 187 cm³/mol. The quantitative estimate of drug-likeness (QED) is 0.217. The predicted octanol–water partition coefficient (Wildman–Crippen LogP) is 5.32. The Hall–Kier alpha value is -1.66. The minimum absolute atomic E-state index is 0. The largest absolute Gasteiger partial charge is 1.00 e. The van der Waals surface area contributed by atoms with Gasteiger partial charge in [-0.25, -0.2) is 6.07 Å². The Morgan fingerprint density at radius 3 is 1.80 bits per heavy atom. The smallest absolute Gasteiger partial charge is 1.00 e. The summed E-state index contributed by atoms with van der Waals surface area (Å²) in [4.78, 5) is 0. The summed E-state index contributed by atoms with van der Waals surface area (Å²) in [6.07, 6.45) is 2.18. The van der Waals surface area contributed by atoms with Crippen LogP contribution in [0.5, 0.6) is 0 Å². The van der Waals surface area contributed by atoms with Crippen molar-refractivity contribution in [2.75, 3.05) is 0 Å². The molecule has 1 aliphatic carbocycles. The zero-order valence-corrected chi connectivity index (χ0v) is 34.0. The first-order valence-corrected chi connectivity index (χ1v) is 17.1. The summed E-state index contributed by atoms with van der Waals surface area (Å²) in [5.74, 6) is 0. The Morgan fingerprint density at radius 1 is 0.756 bits per heavy atom. The molecular formula is C42H54Cl2Zr-2. The van der Waals surface area contributed by atoms with Gasteiger partial charge in [0.05, 0.1) is 0 Å². The van der Waals surface area contributed by atoms with Crippen LogP contribution < -0.4 is 24.8 Å². The van der Waals surface area contributed by atoms with Crippen LogP contribution >= 0.6 is 0 Å². The molecule has 5 rings (SSSR count). The molecule has 0 aliphatic heterocycles. The topological polar surface area (TPSA) is 0 Å². The number of hydrogen-bond acceptors (Lipinski definition) is 0. The van der Waals surface area contributed by atoms with Crippen molar-refractivity contribution in [2.45, 2.75) is 119 Å². The van der Waals surface area contributed by atoms with Crippen molar-refractivity contribution in [1.29, 1.82) is 0 Å². The van der Waals surface area contributed by atoms with Crippen molar-refractivity contribution in [3.05, 3.63) is 123 Å². The third-order valence-electron chi connectivity index (χ3n) is 8.26. The summed E-state index contributed by atoms with van der Waals surface area (Å²) in [5.41, 5.74) is 16.2. The van der Waals surface area contributed by atoms with E-state index in [0.717, 1.165) is 12.8 Å². The van der Waals surface area contributed by atoms with E-state index in [1.807, 2.05) is 0 Å². The van der Waals surface area contributed by atoms with Gasteiger partial charge in [0.2, 0.25) is 0 Å². The number of fused-ring (bicyclic) bond motifs is 3. The zero-order valence-electron chi connectivity index (χ0n) is 30.0. The molecule has 0 atom stereocenters. The number of aryl methyl sites for hydroxylation is 3. The van der Waals surface area contributed by atoms with Gasteiger partial charge < -0.3 is 24.8 Å². The van der Waals surface area contributed by atoms with Crippen LogP contribution in [0.4, 0.5) is 0 Å². The fraction of sp³-hybridized carbons (Fsp3) is 0.429. The molecule has 0 unspecified atom stereocenters. The van der Waals surface area contributed by atoms with E-state index >= 15 is 0 Å². The second kappa shape index (κ2) is 16.4. The molecule has 0 spiro atoms. The summed E-state index contributed by atoms with van der Waals surface area (Å²) in [5, 5.41) is 0.